The van der Waals surface area contributed by atoms with Crippen molar-refractivity contribution in [3.05, 3.63) is 30.3 Å². The van der Waals surface area contributed by atoms with Crippen LogP contribution in [-0.4, -0.2) is 18.1 Å². The van der Waals surface area contributed by atoms with Crippen LogP contribution in [0.2, 0.25) is 0 Å². The molecular formula is C12H17NO4P+. The molecule has 0 radical (unpaired) electrons. The third-order valence-corrected chi connectivity index (χ3v) is 2.91. The van der Waals surface area contributed by atoms with E-state index in [-0.39, 0.29) is 6.10 Å². The summed E-state index contributed by atoms with van der Waals surface area (Å²) in [7, 11) is -2.15. The molecule has 0 saturated carbocycles. The third kappa shape index (κ3) is 5.25. The number of ether oxygens (including phenoxy) is 1. The van der Waals surface area contributed by atoms with Gasteiger partial charge in [0.25, 0.3) is 0 Å². The van der Waals surface area contributed by atoms with Crippen LogP contribution in [0.3, 0.4) is 0 Å². The lowest BCUT2D eigenvalue weighted by atomic mass is 10.3. The zero-order valence-electron chi connectivity index (χ0n) is 10.6. The first-order valence-corrected chi connectivity index (χ1v) is 6.83. The zero-order chi connectivity index (χ0) is 13.5. The highest BCUT2D eigenvalue weighted by atomic mass is 31.1. The van der Waals surface area contributed by atoms with Gasteiger partial charge in [-0.1, -0.05) is 23.3 Å². The second-order valence-corrected chi connectivity index (χ2v) is 4.95. The minimum absolute atomic E-state index is 0.199. The molecule has 2 atom stereocenters. The maximum Gasteiger partial charge on any atom is 0.664 e. The molecule has 18 heavy (non-hydrogen) atoms. The van der Waals surface area contributed by atoms with E-state index in [9.17, 15) is 9.36 Å². The van der Waals surface area contributed by atoms with Gasteiger partial charge in [-0.05, 0) is 32.9 Å². The number of hydrogen-bond acceptors (Lipinski definition) is 4. The summed E-state index contributed by atoms with van der Waals surface area (Å²) in [5.74, 6) is 0.0283. The summed E-state index contributed by atoms with van der Waals surface area (Å²) in [6.45, 7) is 5.09. The molecule has 1 aromatic rings. The summed E-state index contributed by atoms with van der Waals surface area (Å²) in [4.78, 5) is 11.5. The van der Waals surface area contributed by atoms with Crippen molar-refractivity contribution in [2.75, 3.05) is 0 Å². The lowest BCUT2D eigenvalue weighted by molar-refractivity contribution is -0.148. The smallest absolute Gasteiger partial charge is 0.462 e. The Bertz CT molecular complexity index is 408. The van der Waals surface area contributed by atoms with Crippen molar-refractivity contribution in [3.8, 4) is 5.75 Å². The van der Waals surface area contributed by atoms with Crippen LogP contribution in [0.1, 0.15) is 20.8 Å². The summed E-state index contributed by atoms with van der Waals surface area (Å²) >= 11 is 0. The van der Waals surface area contributed by atoms with Gasteiger partial charge in [0.1, 0.15) is 6.04 Å². The summed E-state index contributed by atoms with van der Waals surface area (Å²) in [5.41, 5.74) is 0. The molecule has 5 nitrogen and oxygen atoms in total. The number of para-hydroxylation sites is 1. The highest BCUT2D eigenvalue weighted by molar-refractivity contribution is 7.37. The SMILES string of the molecule is CC(C)OC(=O)[C@@H](C)N[P+](=O)Oc1ccccc1. The van der Waals surface area contributed by atoms with E-state index < -0.39 is 20.2 Å². The fourth-order valence-corrected chi connectivity index (χ4v) is 1.94. The minimum atomic E-state index is -2.15. The minimum Gasteiger partial charge on any atom is -0.462 e. The van der Waals surface area contributed by atoms with E-state index in [2.05, 4.69) is 5.09 Å². The summed E-state index contributed by atoms with van der Waals surface area (Å²) < 4.78 is 21.7. The Morgan fingerprint density at radius 3 is 2.39 bits per heavy atom. The van der Waals surface area contributed by atoms with Crippen LogP contribution in [-0.2, 0) is 14.1 Å². The second kappa shape index (κ2) is 7.09. The number of hydrogen-bond donors (Lipinski definition) is 1. The van der Waals surface area contributed by atoms with Crippen molar-refractivity contribution >= 4 is 14.1 Å². The predicted molar refractivity (Wildman–Crippen MR) is 68.5 cm³/mol. The van der Waals surface area contributed by atoms with Crippen LogP contribution in [0.4, 0.5) is 0 Å². The number of esters is 1. The van der Waals surface area contributed by atoms with Crippen molar-refractivity contribution < 1.29 is 18.6 Å². The molecule has 0 amide bonds. The third-order valence-electron chi connectivity index (χ3n) is 1.94. The summed E-state index contributed by atoms with van der Waals surface area (Å²) in [6, 6.07) is 8.07. The van der Waals surface area contributed by atoms with Crippen LogP contribution in [0.5, 0.6) is 5.75 Å². The van der Waals surface area contributed by atoms with Gasteiger partial charge in [-0.25, -0.2) is 4.52 Å². The number of benzene rings is 1. The highest BCUT2D eigenvalue weighted by Gasteiger charge is 2.28. The molecule has 1 aromatic carbocycles. The molecule has 0 aromatic heterocycles. The predicted octanol–water partition coefficient (Wildman–Crippen LogP) is 2.65. The van der Waals surface area contributed by atoms with Gasteiger partial charge in [0.05, 0.1) is 6.10 Å². The molecule has 0 heterocycles. The molecule has 0 aliphatic rings. The fraction of sp³-hybridized carbons (Fsp3) is 0.417. The van der Waals surface area contributed by atoms with Gasteiger partial charge < -0.3 is 4.74 Å². The van der Waals surface area contributed by atoms with Gasteiger partial charge in [-0.15, -0.1) is 0 Å². The first-order valence-electron chi connectivity index (χ1n) is 5.66. The lowest BCUT2D eigenvalue weighted by Gasteiger charge is -2.10. The van der Waals surface area contributed by atoms with Crippen molar-refractivity contribution in [2.45, 2.75) is 32.9 Å². The highest BCUT2D eigenvalue weighted by Crippen LogP contribution is 2.23. The van der Waals surface area contributed by atoms with Crippen LogP contribution in [0.25, 0.3) is 0 Å². The Labute approximate surface area is 107 Å². The molecule has 0 spiro atoms. The van der Waals surface area contributed by atoms with E-state index in [4.69, 9.17) is 9.26 Å². The molecule has 1 rings (SSSR count). The summed E-state index contributed by atoms with van der Waals surface area (Å²) in [5, 5.41) is 2.55. The molecule has 0 fully saturated rings. The topological polar surface area (TPSA) is 64.6 Å². The average molecular weight is 270 g/mol. The average Bonchev–Trinajstić information content (AvgIpc) is 2.29. The number of carbonyl (C=O) groups excluding carboxylic acids is 1. The maximum atomic E-state index is 11.6. The lowest BCUT2D eigenvalue weighted by Crippen LogP contribution is -2.33. The van der Waals surface area contributed by atoms with E-state index in [0.717, 1.165) is 0 Å². The van der Waals surface area contributed by atoms with Crippen LogP contribution in [0.15, 0.2) is 30.3 Å². The maximum absolute atomic E-state index is 11.6. The van der Waals surface area contributed by atoms with E-state index in [1.165, 1.54) is 0 Å². The molecule has 0 saturated heterocycles. The standard InChI is InChI=1S/C12H17NO4P/c1-9(2)16-12(14)10(3)13-18(15)17-11-7-5-4-6-8-11/h4-10H,1-3H3,(H,13,15)/q+1/t10-/m1/s1. The van der Waals surface area contributed by atoms with E-state index in [0.29, 0.717) is 5.75 Å². The Hall–Kier alpha value is -1.45. The molecule has 6 heteroatoms. The Morgan fingerprint density at radius 1 is 1.22 bits per heavy atom. The van der Waals surface area contributed by atoms with Crippen LogP contribution < -0.4 is 9.61 Å². The van der Waals surface area contributed by atoms with Crippen LogP contribution in [0, 0.1) is 0 Å². The number of nitrogens with one attached hydrogen (secondary N) is 1. The molecular weight excluding hydrogens is 253 g/mol. The Kier molecular flexibility index (Phi) is 5.75. The van der Waals surface area contributed by atoms with E-state index >= 15 is 0 Å². The largest absolute Gasteiger partial charge is 0.664 e. The van der Waals surface area contributed by atoms with Crippen molar-refractivity contribution in [3.63, 3.8) is 0 Å². The fourth-order valence-electron chi connectivity index (χ4n) is 1.15. The Balaban J connectivity index is 2.43. The molecule has 0 aliphatic carbocycles. The van der Waals surface area contributed by atoms with Gasteiger partial charge in [-0.3, -0.25) is 4.79 Å². The van der Waals surface area contributed by atoms with Crippen LogP contribution >= 0.6 is 8.18 Å². The quantitative estimate of drug-likeness (QED) is 0.636. The second-order valence-electron chi connectivity index (χ2n) is 4.00. The van der Waals surface area contributed by atoms with Gasteiger partial charge in [0.2, 0.25) is 0 Å². The van der Waals surface area contributed by atoms with Gasteiger partial charge in [0.15, 0.2) is 5.75 Å². The summed E-state index contributed by atoms with van der Waals surface area (Å²) in [6.07, 6.45) is -0.199. The molecule has 98 valence electrons. The molecule has 1 unspecified atom stereocenters. The molecule has 0 bridgehead atoms. The van der Waals surface area contributed by atoms with E-state index in [1.54, 1.807) is 45.0 Å². The monoisotopic (exact) mass is 270 g/mol. The molecule has 0 aliphatic heterocycles. The normalized spacial score (nSPS) is 13.0. The van der Waals surface area contributed by atoms with Gasteiger partial charge in [0, 0.05) is 4.57 Å². The van der Waals surface area contributed by atoms with E-state index in [1.807, 2.05) is 6.07 Å². The zero-order valence-corrected chi connectivity index (χ0v) is 11.5. The van der Waals surface area contributed by atoms with Crippen molar-refractivity contribution in [1.82, 2.24) is 5.09 Å². The van der Waals surface area contributed by atoms with Gasteiger partial charge >= 0.3 is 14.1 Å². The Morgan fingerprint density at radius 2 is 1.83 bits per heavy atom. The first kappa shape index (κ1) is 14.6. The molecule has 1 N–H and O–H groups in total. The number of rotatable bonds is 6. The first-order chi connectivity index (χ1) is 8.49. The van der Waals surface area contributed by atoms with Gasteiger partial charge in [-0.2, -0.15) is 0 Å². The number of carbonyl (C=O) groups is 1. The van der Waals surface area contributed by atoms with Crippen molar-refractivity contribution in [1.29, 1.82) is 0 Å². The van der Waals surface area contributed by atoms with Crippen molar-refractivity contribution in [2.24, 2.45) is 0 Å².